The number of sulfone groups is 1. The number of hydrogen-bond acceptors (Lipinski definition) is 11. The number of benzene rings is 3. The maximum absolute atomic E-state index is 14.3. The van der Waals surface area contributed by atoms with Crippen molar-refractivity contribution in [3.63, 3.8) is 0 Å². The average molecular weight is 670 g/mol. The summed E-state index contributed by atoms with van der Waals surface area (Å²) in [7, 11) is -4.47. The van der Waals surface area contributed by atoms with E-state index in [-0.39, 0.29) is 17.0 Å². The van der Waals surface area contributed by atoms with E-state index < -0.39 is 61.7 Å². The van der Waals surface area contributed by atoms with Crippen LogP contribution in [0.1, 0.15) is 29.8 Å². The summed E-state index contributed by atoms with van der Waals surface area (Å²) in [6, 6.07) is 25.4. The van der Waals surface area contributed by atoms with Gasteiger partial charge in [-0.25, -0.2) is 18.0 Å². The highest BCUT2D eigenvalue weighted by Crippen LogP contribution is 2.50. The van der Waals surface area contributed by atoms with Gasteiger partial charge in [0.1, 0.15) is 17.1 Å². The predicted molar refractivity (Wildman–Crippen MR) is 170 cm³/mol. The van der Waals surface area contributed by atoms with Gasteiger partial charge in [-0.1, -0.05) is 66.7 Å². The van der Waals surface area contributed by atoms with Gasteiger partial charge in [0.05, 0.1) is 16.2 Å². The summed E-state index contributed by atoms with van der Waals surface area (Å²) in [6.07, 6.45) is 0.538. The minimum Gasteiger partial charge on any atom is -0.451 e. The summed E-state index contributed by atoms with van der Waals surface area (Å²) in [4.78, 5) is 55.9. The molecule has 1 aromatic heterocycles. The van der Waals surface area contributed by atoms with Crippen molar-refractivity contribution in [3.05, 3.63) is 142 Å². The molecular weight excluding hydrogens is 642 g/mol. The van der Waals surface area contributed by atoms with Crippen molar-refractivity contribution in [2.75, 3.05) is 6.61 Å². The lowest BCUT2D eigenvalue weighted by molar-refractivity contribution is -0.384. The van der Waals surface area contributed by atoms with Gasteiger partial charge in [-0.15, -0.1) is 0 Å². The third-order valence-corrected chi connectivity index (χ3v) is 10.9. The molecule has 2 saturated heterocycles. The van der Waals surface area contributed by atoms with E-state index in [2.05, 4.69) is 4.98 Å². The lowest BCUT2D eigenvalue weighted by Gasteiger charge is -2.39. The molecule has 0 saturated carbocycles. The van der Waals surface area contributed by atoms with Crippen molar-refractivity contribution >= 4 is 39.6 Å². The van der Waals surface area contributed by atoms with Crippen LogP contribution in [0.4, 0.5) is 10.5 Å². The number of rotatable bonds is 9. The highest BCUT2D eigenvalue weighted by molar-refractivity contribution is 7.94. The summed E-state index contributed by atoms with van der Waals surface area (Å²) in [5.74, 6) is -1.85. The topological polar surface area (TPSA) is 172 Å². The maximum atomic E-state index is 14.3. The lowest BCUT2D eigenvalue weighted by atomic mass is 9.94. The maximum Gasteiger partial charge on any atom is 0.513 e. The molecule has 13 nitrogen and oxygen atoms in total. The molecule has 1 amide bonds. The first-order valence-electron chi connectivity index (χ1n) is 14.6. The lowest BCUT2D eigenvalue weighted by Crippen LogP contribution is -2.60. The van der Waals surface area contributed by atoms with Crippen LogP contribution in [0.5, 0.6) is 5.75 Å². The number of non-ortho nitro benzene ring substituents is 1. The first-order chi connectivity index (χ1) is 23.0. The minimum absolute atomic E-state index is 0.103. The number of pyridine rings is 1. The van der Waals surface area contributed by atoms with E-state index in [4.69, 9.17) is 14.2 Å². The summed E-state index contributed by atoms with van der Waals surface area (Å²) in [6.45, 7) is 0.316. The van der Waals surface area contributed by atoms with Crippen LogP contribution in [0.25, 0.3) is 6.08 Å². The van der Waals surface area contributed by atoms with Crippen LogP contribution in [0.3, 0.4) is 0 Å². The zero-order valence-corrected chi connectivity index (χ0v) is 26.1. The molecule has 2 aliphatic heterocycles. The number of esters is 1. The number of nitro benzene ring substituents is 1. The minimum atomic E-state index is -4.47. The van der Waals surface area contributed by atoms with Crippen molar-refractivity contribution < 1.29 is 41.9 Å². The molecule has 0 N–H and O–H groups in total. The fourth-order valence-electron chi connectivity index (χ4n) is 5.73. The number of ether oxygens (including phenoxy) is 3. The Balaban J connectivity index is 1.33. The molecule has 48 heavy (non-hydrogen) atoms. The van der Waals surface area contributed by atoms with Crippen LogP contribution in [0, 0.1) is 10.1 Å². The largest absolute Gasteiger partial charge is 0.513 e. The number of nitro groups is 1. The number of nitrogens with zero attached hydrogens (tertiary/aromatic N) is 3. The summed E-state index contributed by atoms with van der Waals surface area (Å²) in [5, 5.41) is 9.40. The summed E-state index contributed by atoms with van der Waals surface area (Å²) < 4.78 is 42.8. The third kappa shape index (κ3) is 5.77. The number of β-lactam (4-membered cyclic amide) rings is 1. The Morgan fingerprint density at radius 2 is 1.56 bits per heavy atom. The molecule has 244 valence electrons. The number of aromatic nitrogens is 1. The standard InChI is InChI=1S/C34H27N3O10S/c1-34(21-45-33(40)46-26-17-15-25(16-18-26)37(41)42)29(32(39)47-28(22-10-4-2-5-11-22)23-12-6-3-7-13-23)36-30(38)27(31(36)48(34,43)44)20-24-14-8-9-19-35-24/h2-20,28-29,31H,21H2,1H3/b27-20-/t29-,31+,34?/m0/s1. The Bertz CT molecular complexity index is 1970. The fourth-order valence-corrected chi connectivity index (χ4v) is 8.00. The van der Waals surface area contributed by atoms with E-state index in [1.165, 1.54) is 31.3 Å². The molecule has 2 aliphatic rings. The molecule has 4 aromatic rings. The van der Waals surface area contributed by atoms with E-state index in [0.717, 1.165) is 17.0 Å². The Kier molecular flexibility index (Phi) is 8.50. The first kappa shape index (κ1) is 32.1. The van der Waals surface area contributed by atoms with Gasteiger partial charge in [0.25, 0.3) is 11.6 Å². The van der Waals surface area contributed by atoms with Gasteiger partial charge in [0.2, 0.25) is 0 Å². The van der Waals surface area contributed by atoms with Gasteiger partial charge < -0.3 is 19.1 Å². The van der Waals surface area contributed by atoms with E-state index >= 15 is 0 Å². The first-order valence-corrected chi connectivity index (χ1v) is 16.1. The zero-order chi connectivity index (χ0) is 34.1. The quantitative estimate of drug-likeness (QED) is 0.0607. The van der Waals surface area contributed by atoms with E-state index in [0.29, 0.717) is 16.8 Å². The van der Waals surface area contributed by atoms with Crippen LogP contribution in [-0.4, -0.2) is 64.0 Å². The SMILES string of the molecule is CC1(COC(=O)Oc2ccc([N+](=O)[O-])cc2)[C@H](C(=O)OC(c2ccccc2)c2ccccc2)N2C(=O)/C(=C/c3ccccn3)[C@H]2S1(=O)=O. The molecule has 0 radical (unpaired) electrons. The second-order valence-corrected chi connectivity index (χ2v) is 13.7. The van der Waals surface area contributed by atoms with Crippen molar-refractivity contribution in [1.82, 2.24) is 9.88 Å². The van der Waals surface area contributed by atoms with Crippen LogP contribution in [0.2, 0.25) is 0 Å². The molecule has 3 atom stereocenters. The van der Waals surface area contributed by atoms with Gasteiger partial charge in [-0.2, -0.15) is 0 Å². The number of carbonyl (C=O) groups excluding carboxylic acids is 3. The van der Waals surface area contributed by atoms with Crippen molar-refractivity contribution in [3.8, 4) is 5.75 Å². The number of fused-ring (bicyclic) bond motifs is 1. The monoisotopic (exact) mass is 669 g/mol. The molecule has 2 fully saturated rings. The van der Waals surface area contributed by atoms with E-state index in [1.54, 1.807) is 78.9 Å². The highest BCUT2D eigenvalue weighted by Gasteiger charge is 2.73. The van der Waals surface area contributed by atoms with Crippen LogP contribution >= 0.6 is 0 Å². The summed E-state index contributed by atoms with van der Waals surface area (Å²) in [5.41, 5.74) is 1.19. The van der Waals surface area contributed by atoms with Gasteiger partial charge in [0.15, 0.2) is 27.4 Å². The van der Waals surface area contributed by atoms with Crippen LogP contribution < -0.4 is 4.74 Å². The molecule has 3 aromatic carbocycles. The van der Waals surface area contributed by atoms with Gasteiger partial charge in [-0.3, -0.25) is 19.9 Å². The number of carbonyl (C=O) groups is 3. The molecule has 0 aliphatic carbocycles. The zero-order valence-electron chi connectivity index (χ0n) is 25.2. The third-order valence-electron chi connectivity index (χ3n) is 8.18. The molecule has 14 heteroatoms. The van der Waals surface area contributed by atoms with Gasteiger partial charge in [-0.05, 0) is 48.4 Å². The average Bonchev–Trinajstić information content (AvgIpc) is 3.26. The predicted octanol–water partition coefficient (Wildman–Crippen LogP) is 4.65. The van der Waals surface area contributed by atoms with Crippen molar-refractivity contribution in [2.45, 2.75) is 29.2 Å². The van der Waals surface area contributed by atoms with E-state index in [1.807, 2.05) is 0 Å². The van der Waals surface area contributed by atoms with Gasteiger partial charge in [0, 0.05) is 18.3 Å². The van der Waals surface area contributed by atoms with E-state index in [9.17, 15) is 32.9 Å². The highest BCUT2D eigenvalue weighted by atomic mass is 32.2. The van der Waals surface area contributed by atoms with Crippen LogP contribution in [-0.2, 0) is 28.9 Å². The smallest absolute Gasteiger partial charge is 0.451 e. The Morgan fingerprint density at radius 1 is 0.958 bits per heavy atom. The molecule has 1 unspecified atom stereocenters. The second-order valence-electron chi connectivity index (χ2n) is 11.2. The van der Waals surface area contributed by atoms with Crippen LogP contribution in [0.15, 0.2) is 115 Å². The molecule has 3 heterocycles. The van der Waals surface area contributed by atoms with Crippen molar-refractivity contribution in [1.29, 1.82) is 0 Å². The molecule has 0 spiro atoms. The number of hydrogen-bond donors (Lipinski definition) is 0. The fraction of sp³-hybridized carbons (Fsp3) is 0.176. The molecule has 6 rings (SSSR count). The number of amides is 1. The summed E-state index contributed by atoms with van der Waals surface area (Å²) >= 11 is 0. The Hall–Kier alpha value is -5.89. The Morgan fingerprint density at radius 3 is 2.12 bits per heavy atom. The van der Waals surface area contributed by atoms with Gasteiger partial charge >= 0.3 is 12.1 Å². The second kappa shape index (κ2) is 12.7. The Labute approximate surface area is 274 Å². The van der Waals surface area contributed by atoms with Crippen molar-refractivity contribution in [2.24, 2.45) is 0 Å². The molecule has 0 bridgehead atoms. The normalized spacial score (nSPS) is 21.7. The molecular formula is C34H27N3O10S.